The van der Waals surface area contributed by atoms with E-state index in [9.17, 15) is 4.79 Å². The van der Waals surface area contributed by atoms with Crippen LogP contribution in [0.3, 0.4) is 0 Å². The Morgan fingerprint density at radius 2 is 1.87 bits per heavy atom. The van der Waals surface area contributed by atoms with Crippen molar-refractivity contribution in [1.29, 1.82) is 0 Å². The Hall–Kier alpha value is -0.610. The minimum absolute atomic E-state index is 0.0475. The number of rotatable bonds is 4. The van der Waals surface area contributed by atoms with Gasteiger partial charge in [0.1, 0.15) is 0 Å². The van der Waals surface area contributed by atoms with Gasteiger partial charge >= 0.3 is 0 Å². The van der Waals surface area contributed by atoms with Gasteiger partial charge in [-0.3, -0.25) is 4.79 Å². The zero-order valence-electron chi connectivity index (χ0n) is 9.38. The van der Waals surface area contributed by atoms with E-state index < -0.39 is 0 Å². The second kappa shape index (κ2) is 4.94. The molecule has 2 rings (SSSR count). The normalized spacial score (nSPS) is 24.9. The summed E-state index contributed by atoms with van der Waals surface area (Å²) in [5, 5.41) is 9.74. The fourth-order valence-electron chi connectivity index (χ4n) is 1.97. The highest BCUT2D eigenvalue weighted by Crippen LogP contribution is 2.18. The van der Waals surface area contributed by atoms with Crippen molar-refractivity contribution in [1.82, 2.24) is 16.0 Å². The molecule has 15 heavy (non-hydrogen) atoms. The van der Waals surface area contributed by atoms with Crippen molar-refractivity contribution in [3.8, 4) is 0 Å². The van der Waals surface area contributed by atoms with E-state index in [4.69, 9.17) is 0 Å². The molecule has 0 spiro atoms. The molecule has 2 aliphatic rings. The number of hydrogen-bond acceptors (Lipinski definition) is 3. The third-order valence-electron chi connectivity index (χ3n) is 3.14. The first-order chi connectivity index (χ1) is 7.25. The zero-order chi connectivity index (χ0) is 10.7. The summed E-state index contributed by atoms with van der Waals surface area (Å²) in [6.45, 7) is 4.09. The summed E-state index contributed by atoms with van der Waals surface area (Å²) in [7, 11) is 0. The number of carbonyl (C=O) groups is 1. The lowest BCUT2D eigenvalue weighted by Crippen LogP contribution is -2.50. The first-order valence-electron chi connectivity index (χ1n) is 6.03. The third-order valence-corrected chi connectivity index (χ3v) is 3.14. The van der Waals surface area contributed by atoms with Crippen LogP contribution in [0.4, 0.5) is 0 Å². The molecule has 86 valence electrons. The smallest absolute Gasteiger partial charge is 0.237 e. The van der Waals surface area contributed by atoms with Gasteiger partial charge in [0.25, 0.3) is 0 Å². The van der Waals surface area contributed by atoms with Gasteiger partial charge in [0.15, 0.2) is 0 Å². The minimum Gasteiger partial charge on any atom is -0.352 e. The Morgan fingerprint density at radius 3 is 2.47 bits per heavy atom. The first kappa shape index (κ1) is 10.9. The van der Waals surface area contributed by atoms with E-state index in [1.807, 2.05) is 6.92 Å². The van der Waals surface area contributed by atoms with E-state index in [0.29, 0.717) is 12.1 Å². The SMILES string of the molecule is CC(NC1CCNCC1)C(=O)NC1CC1. The lowest BCUT2D eigenvalue weighted by Gasteiger charge is -2.26. The molecule has 1 aliphatic carbocycles. The summed E-state index contributed by atoms with van der Waals surface area (Å²) < 4.78 is 0. The van der Waals surface area contributed by atoms with Crippen molar-refractivity contribution in [2.45, 2.75) is 50.7 Å². The molecule has 1 saturated carbocycles. The van der Waals surface area contributed by atoms with Crippen LogP contribution < -0.4 is 16.0 Å². The Balaban J connectivity index is 1.69. The van der Waals surface area contributed by atoms with Gasteiger partial charge in [-0.05, 0) is 45.7 Å². The number of amides is 1. The summed E-state index contributed by atoms with van der Waals surface area (Å²) in [4.78, 5) is 11.7. The van der Waals surface area contributed by atoms with Gasteiger partial charge in [-0.1, -0.05) is 0 Å². The van der Waals surface area contributed by atoms with Gasteiger partial charge in [-0.2, -0.15) is 0 Å². The molecular weight excluding hydrogens is 190 g/mol. The van der Waals surface area contributed by atoms with Crippen LogP contribution >= 0.6 is 0 Å². The molecule has 3 N–H and O–H groups in total. The zero-order valence-corrected chi connectivity index (χ0v) is 9.38. The van der Waals surface area contributed by atoms with Crippen LogP contribution in [0.5, 0.6) is 0 Å². The molecule has 0 aromatic rings. The summed E-state index contributed by atoms with van der Waals surface area (Å²) in [6, 6.07) is 0.926. The number of nitrogens with one attached hydrogen (secondary N) is 3. The van der Waals surface area contributed by atoms with E-state index in [1.165, 1.54) is 0 Å². The molecule has 2 fully saturated rings. The molecule has 1 saturated heterocycles. The van der Waals surface area contributed by atoms with Crippen molar-refractivity contribution >= 4 is 5.91 Å². The molecule has 0 bridgehead atoms. The Labute approximate surface area is 91.2 Å². The highest BCUT2D eigenvalue weighted by atomic mass is 16.2. The molecule has 1 heterocycles. The standard InChI is InChI=1S/C11H21N3O/c1-8(11(15)14-9-2-3-9)13-10-4-6-12-7-5-10/h8-10,12-13H,2-7H2,1H3,(H,14,15). The molecule has 1 aliphatic heterocycles. The van der Waals surface area contributed by atoms with Crippen molar-refractivity contribution < 1.29 is 4.79 Å². The van der Waals surface area contributed by atoms with Crippen molar-refractivity contribution in [3.63, 3.8) is 0 Å². The van der Waals surface area contributed by atoms with Crippen LogP contribution in [0.15, 0.2) is 0 Å². The van der Waals surface area contributed by atoms with Gasteiger partial charge in [-0.15, -0.1) is 0 Å². The minimum atomic E-state index is -0.0475. The largest absolute Gasteiger partial charge is 0.352 e. The lowest BCUT2D eigenvalue weighted by atomic mass is 10.1. The van der Waals surface area contributed by atoms with Gasteiger partial charge in [0.2, 0.25) is 5.91 Å². The molecule has 4 heteroatoms. The van der Waals surface area contributed by atoms with Crippen LogP contribution in [-0.2, 0) is 4.79 Å². The highest BCUT2D eigenvalue weighted by molar-refractivity contribution is 5.81. The topological polar surface area (TPSA) is 53.2 Å². The molecule has 1 atom stereocenters. The highest BCUT2D eigenvalue weighted by Gasteiger charge is 2.26. The average Bonchev–Trinajstić information content (AvgIpc) is 3.03. The Morgan fingerprint density at radius 1 is 1.20 bits per heavy atom. The van der Waals surface area contributed by atoms with E-state index in [2.05, 4.69) is 16.0 Å². The van der Waals surface area contributed by atoms with Crippen molar-refractivity contribution in [2.75, 3.05) is 13.1 Å². The van der Waals surface area contributed by atoms with Crippen LogP contribution in [0.2, 0.25) is 0 Å². The maximum absolute atomic E-state index is 11.7. The predicted octanol–water partition coefficient (Wildman–Crippen LogP) is -0.00490. The average molecular weight is 211 g/mol. The molecule has 1 amide bonds. The summed E-state index contributed by atoms with van der Waals surface area (Å²) in [5.74, 6) is 0.163. The summed E-state index contributed by atoms with van der Waals surface area (Å²) >= 11 is 0. The Kier molecular flexibility index (Phi) is 3.59. The van der Waals surface area contributed by atoms with Crippen LogP contribution in [0.1, 0.15) is 32.6 Å². The van der Waals surface area contributed by atoms with E-state index >= 15 is 0 Å². The van der Waals surface area contributed by atoms with Crippen LogP contribution in [0.25, 0.3) is 0 Å². The monoisotopic (exact) mass is 211 g/mol. The molecule has 0 radical (unpaired) electrons. The summed E-state index contributed by atoms with van der Waals surface area (Å²) in [6.07, 6.45) is 4.57. The maximum Gasteiger partial charge on any atom is 0.237 e. The second-order valence-electron chi connectivity index (χ2n) is 4.70. The van der Waals surface area contributed by atoms with E-state index in [0.717, 1.165) is 38.8 Å². The quantitative estimate of drug-likeness (QED) is 0.613. The van der Waals surface area contributed by atoms with Gasteiger partial charge in [0.05, 0.1) is 6.04 Å². The number of hydrogen-bond donors (Lipinski definition) is 3. The predicted molar refractivity (Wildman–Crippen MR) is 59.7 cm³/mol. The van der Waals surface area contributed by atoms with Gasteiger partial charge < -0.3 is 16.0 Å². The van der Waals surface area contributed by atoms with Crippen molar-refractivity contribution in [3.05, 3.63) is 0 Å². The summed E-state index contributed by atoms with van der Waals surface area (Å²) in [5.41, 5.74) is 0. The molecule has 4 nitrogen and oxygen atoms in total. The van der Waals surface area contributed by atoms with Gasteiger partial charge in [0, 0.05) is 12.1 Å². The number of piperidine rings is 1. The molecule has 1 unspecified atom stereocenters. The molecule has 0 aromatic carbocycles. The number of carbonyl (C=O) groups excluding carboxylic acids is 1. The first-order valence-corrected chi connectivity index (χ1v) is 6.03. The van der Waals surface area contributed by atoms with Gasteiger partial charge in [-0.25, -0.2) is 0 Å². The van der Waals surface area contributed by atoms with E-state index in [-0.39, 0.29) is 11.9 Å². The lowest BCUT2D eigenvalue weighted by molar-refractivity contribution is -0.123. The molecular formula is C11H21N3O. The fourth-order valence-corrected chi connectivity index (χ4v) is 1.97. The Bertz CT molecular complexity index is 222. The third kappa shape index (κ3) is 3.47. The fraction of sp³-hybridized carbons (Fsp3) is 0.909. The van der Waals surface area contributed by atoms with E-state index in [1.54, 1.807) is 0 Å². The molecule has 0 aromatic heterocycles. The van der Waals surface area contributed by atoms with Crippen LogP contribution in [0, 0.1) is 0 Å². The van der Waals surface area contributed by atoms with Crippen molar-refractivity contribution in [2.24, 2.45) is 0 Å². The second-order valence-corrected chi connectivity index (χ2v) is 4.70. The maximum atomic E-state index is 11.7. The van der Waals surface area contributed by atoms with Crippen LogP contribution in [-0.4, -0.2) is 37.1 Å².